The van der Waals surface area contributed by atoms with Gasteiger partial charge in [-0.15, -0.1) is 0 Å². The van der Waals surface area contributed by atoms with E-state index in [-0.39, 0.29) is 0 Å². The third kappa shape index (κ3) is 8.18. The Hall–Kier alpha value is -11.0. The number of rotatable bonds is 10. The summed E-state index contributed by atoms with van der Waals surface area (Å²) in [4.78, 5) is 31.2. The van der Waals surface area contributed by atoms with Crippen LogP contribution >= 0.6 is 0 Å². The quantitative estimate of drug-likeness (QED) is 0.136. The molecule has 0 saturated carbocycles. The highest BCUT2D eigenvalue weighted by molar-refractivity contribution is 6.11. The van der Waals surface area contributed by atoms with Crippen LogP contribution in [0.3, 0.4) is 0 Å². The first-order chi connectivity index (χ1) is 39.7. The third-order valence-corrected chi connectivity index (χ3v) is 15.0. The molecule has 0 unspecified atom stereocenters. The maximum Gasteiger partial charge on any atom is 0.166 e. The Morgan fingerprint density at radius 2 is 0.438 bits per heavy atom. The molecular formula is C72H46N8. The van der Waals surface area contributed by atoms with Gasteiger partial charge in [-0.1, -0.05) is 224 Å². The fourth-order valence-corrected chi connectivity index (χ4v) is 11.3. The minimum absolute atomic E-state index is 0.581. The number of hydrogen-bond donors (Lipinski definition) is 0. The molecule has 0 fully saturated rings. The molecule has 0 amide bonds. The predicted octanol–water partition coefficient (Wildman–Crippen LogP) is 17.6. The molecular weight excluding hydrogens is 977 g/mol. The summed E-state index contributed by atoms with van der Waals surface area (Å²) in [7, 11) is 0. The van der Waals surface area contributed by atoms with Gasteiger partial charge in [0.25, 0.3) is 0 Å². The lowest BCUT2D eigenvalue weighted by Gasteiger charge is -2.17. The Kier molecular flexibility index (Phi) is 11.3. The van der Waals surface area contributed by atoms with Gasteiger partial charge in [-0.3, -0.25) is 0 Å². The molecule has 8 heteroatoms. The summed E-state index contributed by atoms with van der Waals surface area (Å²) in [5.41, 5.74) is 15.9. The van der Waals surface area contributed by atoms with Crippen molar-refractivity contribution in [2.24, 2.45) is 0 Å². The van der Waals surface area contributed by atoms with Crippen molar-refractivity contribution in [1.29, 1.82) is 0 Å². The van der Waals surface area contributed by atoms with Crippen LogP contribution in [0.4, 0.5) is 0 Å². The zero-order chi connectivity index (χ0) is 52.9. The average Bonchev–Trinajstić information content (AvgIpc) is 4.24. The minimum atomic E-state index is 0.581. The van der Waals surface area contributed by atoms with Crippen molar-refractivity contribution >= 4 is 43.6 Å². The van der Waals surface area contributed by atoms with Crippen molar-refractivity contribution in [3.63, 3.8) is 0 Å². The fraction of sp³-hybridized carbons (Fsp3) is 0. The normalized spacial score (nSPS) is 11.5. The molecule has 80 heavy (non-hydrogen) atoms. The fourth-order valence-electron chi connectivity index (χ4n) is 11.3. The molecule has 15 rings (SSSR count). The lowest BCUT2D eigenvalue weighted by atomic mass is 9.96. The van der Waals surface area contributed by atoms with Crippen molar-refractivity contribution in [2.45, 2.75) is 0 Å². The summed E-state index contributed by atoms with van der Waals surface area (Å²) in [6.45, 7) is 0. The van der Waals surface area contributed by atoms with E-state index in [4.69, 9.17) is 29.9 Å². The zero-order valence-electron chi connectivity index (χ0n) is 43.1. The second kappa shape index (κ2) is 19.6. The maximum atomic E-state index is 5.27. The van der Waals surface area contributed by atoms with Crippen molar-refractivity contribution in [1.82, 2.24) is 39.0 Å². The number of aromatic nitrogens is 8. The third-order valence-electron chi connectivity index (χ3n) is 15.0. The van der Waals surface area contributed by atoms with E-state index >= 15 is 0 Å². The molecule has 0 atom stereocenters. The number of fused-ring (bicyclic) bond motifs is 6. The molecule has 374 valence electrons. The van der Waals surface area contributed by atoms with E-state index in [1.807, 2.05) is 121 Å². The van der Waals surface area contributed by atoms with Crippen LogP contribution in [0.2, 0.25) is 0 Å². The number of para-hydroxylation sites is 4. The van der Waals surface area contributed by atoms with Crippen molar-refractivity contribution in [3.05, 3.63) is 279 Å². The summed E-state index contributed by atoms with van der Waals surface area (Å²) in [5, 5.41) is 4.66. The first-order valence-corrected chi connectivity index (χ1v) is 26.8. The van der Waals surface area contributed by atoms with Crippen LogP contribution in [0, 0.1) is 0 Å². The van der Waals surface area contributed by atoms with Gasteiger partial charge in [0.05, 0.1) is 33.4 Å². The second-order valence-corrected chi connectivity index (χ2v) is 19.9. The second-order valence-electron chi connectivity index (χ2n) is 19.9. The van der Waals surface area contributed by atoms with Crippen molar-refractivity contribution < 1.29 is 0 Å². The Morgan fingerprint density at radius 3 is 0.750 bits per heavy atom. The molecule has 4 heterocycles. The van der Waals surface area contributed by atoms with E-state index in [2.05, 4.69) is 167 Å². The van der Waals surface area contributed by atoms with E-state index in [0.717, 1.165) is 89.1 Å². The van der Waals surface area contributed by atoms with E-state index in [0.29, 0.717) is 34.9 Å². The molecule has 0 aliphatic rings. The monoisotopic (exact) mass is 1020 g/mol. The summed E-state index contributed by atoms with van der Waals surface area (Å²) < 4.78 is 4.73. The van der Waals surface area contributed by atoms with Crippen molar-refractivity contribution in [3.8, 4) is 102 Å². The first kappa shape index (κ1) is 46.4. The largest absolute Gasteiger partial charge is 0.308 e. The molecule has 0 N–H and O–H groups in total. The smallest absolute Gasteiger partial charge is 0.166 e. The molecule has 11 aromatic carbocycles. The Bertz CT molecular complexity index is 4290. The number of nitrogens with zero attached hydrogens (tertiary/aromatic N) is 8. The molecule has 0 radical (unpaired) electrons. The van der Waals surface area contributed by atoms with Gasteiger partial charge in [0.1, 0.15) is 0 Å². The lowest BCUT2D eigenvalue weighted by molar-refractivity contribution is 1.06. The van der Waals surface area contributed by atoms with Crippen molar-refractivity contribution in [2.75, 3.05) is 0 Å². The Morgan fingerprint density at radius 1 is 0.188 bits per heavy atom. The Labute approximate surface area is 461 Å². The minimum Gasteiger partial charge on any atom is -0.308 e. The molecule has 0 bridgehead atoms. The average molecular weight is 1020 g/mol. The molecule has 15 aromatic rings. The number of benzene rings is 11. The van der Waals surface area contributed by atoms with Crippen LogP contribution in [-0.4, -0.2) is 39.0 Å². The number of hydrogen-bond acceptors (Lipinski definition) is 6. The van der Waals surface area contributed by atoms with Gasteiger partial charge in [-0.25, -0.2) is 29.9 Å². The van der Waals surface area contributed by atoms with E-state index in [9.17, 15) is 0 Å². The highest BCUT2D eigenvalue weighted by Crippen LogP contribution is 2.42. The lowest BCUT2D eigenvalue weighted by Crippen LogP contribution is -2.04. The van der Waals surface area contributed by atoms with Crippen LogP contribution in [-0.2, 0) is 0 Å². The standard InChI is InChI=1S/C72H46N8/c1-5-22-47(23-6-1)67-73-68(48-24-7-2-8-25-48)76-71(75-67)59-42-40-53(45-65(59)79-61-36-17-13-32-55(61)56-33-14-18-37-62(56)79)51-30-21-31-52(44-51)54-41-43-60(66(46-54)80-63-38-19-15-34-57(63)58-35-16-20-39-64(58)80)72-77-69(49-26-9-3-10-27-49)74-70(78-72)50-28-11-4-12-29-50/h1-46H. The van der Waals surface area contributed by atoms with E-state index in [1.165, 1.54) is 21.5 Å². The first-order valence-electron chi connectivity index (χ1n) is 26.8. The summed E-state index contributed by atoms with van der Waals surface area (Å²) >= 11 is 0. The van der Waals surface area contributed by atoms with E-state index in [1.54, 1.807) is 0 Å². The van der Waals surface area contributed by atoms with Gasteiger partial charge in [0.2, 0.25) is 0 Å². The summed E-state index contributed by atoms with van der Waals surface area (Å²) in [5.74, 6) is 3.59. The highest BCUT2D eigenvalue weighted by Gasteiger charge is 2.23. The van der Waals surface area contributed by atoms with E-state index < -0.39 is 0 Å². The highest BCUT2D eigenvalue weighted by atomic mass is 15.1. The topological polar surface area (TPSA) is 87.2 Å². The van der Waals surface area contributed by atoms with Gasteiger partial charge >= 0.3 is 0 Å². The van der Waals surface area contributed by atoms with Gasteiger partial charge in [-0.05, 0) is 76.9 Å². The molecule has 0 aliphatic heterocycles. The molecule has 0 spiro atoms. The van der Waals surface area contributed by atoms with Crippen LogP contribution in [0.5, 0.6) is 0 Å². The van der Waals surface area contributed by atoms with Gasteiger partial charge in [0.15, 0.2) is 34.9 Å². The molecule has 8 nitrogen and oxygen atoms in total. The molecule has 0 saturated heterocycles. The van der Waals surface area contributed by atoms with Gasteiger partial charge in [0, 0.05) is 54.9 Å². The van der Waals surface area contributed by atoms with Crippen LogP contribution in [0.1, 0.15) is 0 Å². The summed E-state index contributed by atoms with van der Waals surface area (Å²) in [6, 6.07) is 97.3. The zero-order valence-corrected chi connectivity index (χ0v) is 43.1. The Balaban J connectivity index is 0.932. The van der Waals surface area contributed by atoms with Crippen LogP contribution < -0.4 is 0 Å². The van der Waals surface area contributed by atoms with Crippen LogP contribution in [0.25, 0.3) is 146 Å². The summed E-state index contributed by atoms with van der Waals surface area (Å²) in [6.07, 6.45) is 0. The molecule has 0 aliphatic carbocycles. The van der Waals surface area contributed by atoms with Gasteiger partial charge in [-0.2, -0.15) is 0 Å². The van der Waals surface area contributed by atoms with Crippen LogP contribution in [0.15, 0.2) is 279 Å². The maximum absolute atomic E-state index is 5.27. The SMILES string of the molecule is c1ccc(-c2nc(-c3ccccc3)nc(-c3ccc(-c4cccc(-c5ccc(-c6nc(-c7ccccc7)nc(-c7ccccc7)n6)c(-n6c7ccccc7c7ccccc76)c5)c4)cc3-n3c4ccccc4c4ccccc43)n2)cc1. The molecule has 4 aromatic heterocycles. The van der Waals surface area contributed by atoms with Gasteiger partial charge < -0.3 is 9.13 Å². The predicted molar refractivity (Wildman–Crippen MR) is 325 cm³/mol.